The molecule has 0 bridgehead atoms. The Kier molecular flexibility index (Phi) is 8.18. The molecule has 13 heteroatoms. The molecule has 1 aliphatic heterocycles. The van der Waals surface area contributed by atoms with Gasteiger partial charge in [0, 0.05) is 36.6 Å². The van der Waals surface area contributed by atoms with Crippen molar-refractivity contribution < 1.29 is 18.4 Å². The third-order valence-electron chi connectivity index (χ3n) is 7.50. The van der Waals surface area contributed by atoms with Gasteiger partial charge in [-0.15, -0.1) is 12.4 Å². The van der Waals surface area contributed by atoms with Crippen LogP contribution in [0.5, 0.6) is 0 Å². The monoisotopic (exact) mass is 613 g/mol. The lowest BCUT2D eigenvalue weighted by Gasteiger charge is -2.32. The maximum atomic E-state index is 13.9. The van der Waals surface area contributed by atoms with Gasteiger partial charge in [-0.05, 0) is 49.6 Å². The summed E-state index contributed by atoms with van der Waals surface area (Å²) in [5.74, 6) is -0.482. The van der Waals surface area contributed by atoms with E-state index in [2.05, 4.69) is 4.90 Å². The van der Waals surface area contributed by atoms with Crippen LogP contribution in [-0.4, -0.2) is 39.2 Å². The lowest BCUT2D eigenvalue weighted by molar-refractivity contribution is 0.0443. The second kappa shape index (κ2) is 11.7. The highest BCUT2D eigenvalue weighted by Gasteiger charge is 2.26. The number of piperidine rings is 1. The quantitative estimate of drug-likeness (QED) is 0.280. The molecular weight excluding hydrogens is 585 g/mol. The largest absolute Gasteiger partial charge is 0.519 e. The van der Waals surface area contributed by atoms with Crippen LogP contribution in [0.15, 0.2) is 60.9 Å². The molecule has 2 aromatic carbocycles. The number of fused-ring (bicyclic) bond motifs is 3. The minimum atomic E-state index is -0.863. The van der Waals surface area contributed by atoms with Gasteiger partial charge in [0.05, 0.1) is 17.6 Å². The second-order valence-electron chi connectivity index (χ2n) is 10.2. The molecule has 11 nitrogen and oxygen atoms in total. The molecule has 4 heterocycles. The molecule has 0 unspecified atom stereocenters. The van der Waals surface area contributed by atoms with Crippen LogP contribution in [0.2, 0.25) is 5.02 Å². The van der Waals surface area contributed by atoms with Crippen LogP contribution in [0, 0.1) is 6.92 Å². The highest BCUT2D eigenvalue weighted by molar-refractivity contribution is 6.31. The third-order valence-corrected chi connectivity index (χ3v) is 7.87. The highest BCUT2D eigenvalue weighted by atomic mass is 35.5. The molecule has 1 fully saturated rings. The number of aromatic nitrogens is 3. The van der Waals surface area contributed by atoms with Crippen LogP contribution in [0.4, 0.5) is 5.95 Å². The van der Waals surface area contributed by atoms with Crippen molar-refractivity contribution in [3.8, 4) is 0 Å². The molecule has 2 N–H and O–H groups in total. The lowest BCUT2D eigenvalue weighted by Crippen LogP contribution is -2.44. The van der Waals surface area contributed by atoms with Crippen molar-refractivity contribution in [2.45, 2.75) is 39.0 Å². The summed E-state index contributed by atoms with van der Waals surface area (Å²) in [6.07, 6.45) is 1.85. The number of carbonyl (C=O) groups is 1. The van der Waals surface area contributed by atoms with Gasteiger partial charge in [-0.25, -0.2) is 14.6 Å². The number of anilines is 1. The number of carbonyl (C=O) groups excluding carboxylic acids is 1. The first-order valence-electron chi connectivity index (χ1n) is 13.2. The second-order valence-corrected chi connectivity index (χ2v) is 10.6. The minimum Gasteiger partial charge on any atom is -0.454 e. The van der Waals surface area contributed by atoms with Gasteiger partial charge < -0.3 is 33.3 Å². The summed E-state index contributed by atoms with van der Waals surface area (Å²) < 4.78 is 18.5. The van der Waals surface area contributed by atoms with Crippen LogP contribution in [-0.2, 0) is 24.9 Å². The van der Waals surface area contributed by atoms with Gasteiger partial charge in [0.1, 0.15) is 11.0 Å². The van der Waals surface area contributed by atoms with E-state index < -0.39 is 11.8 Å². The Hall–Kier alpha value is -4.06. The van der Waals surface area contributed by atoms with E-state index >= 15 is 0 Å². The summed E-state index contributed by atoms with van der Waals surface area (Å²) in [7, 11) is 1.66. The minimum absolute atomic E-state index is 0. The zero-order valence-electron chi connectivity index (χ0n) is 23.0. The first-order valence-corrected chi connectivity index (χ1v) is 13.6. The van der Waals surface area contributed by atoms with E-state index in [1.54, 1.807) is 32.2 Å². The van der Waals surface area contributed by atoms with E-state index in [0.717, 1.165) is 24.9 Å². The van der Waals surface area contributed by atoms with Crippen molar-refractivity contribution in [1.82, 2.24) is 14.1 Å². The Morgan fingerprint density at radius 1 is 1.19 bits per heavy atom. The number of imidazole rings is 1. The van der Waals surface area contributed by atoms with E-state index in [1.165, 1.54) is 4.57 Å². The van der Waals surface area contributed by atoms with E-state index in [4.69, 9.17) is 35.9 Å². The van der Waals surface area contributed by atoms with Crippen LogP contribution in [0.25, 0.3) is 21.9 Å². The molecule has 5 aromatic rings. The Bertz CT molecular complexity index is 1920. The number of pyridine rings is 1. The summed E-state index contributed by atoms with van der Waals surface area (Å²) >= 11 is 6.52. The Balaban J connectivity index is 0.00000353. The van der Waals surface area contributed by atoms with Gasteiger partial charge in [-0.2, -0.15) is 0 Å². The Morgan fingerprint density at radius 2 is 1.98 bits per heavy atom. The normalized spacial score (nSPS) is 15.2. The zero-order chi connectivity index (χ0) is 28.8. The van der Waals surface area contributed by atoms with Crippen LogP contribution in [0.3, 0.4) is 0 Å². The molecule has 3 aromatic heterocycles. The number of rotatable bonds is 6. The van der Waals surface area contributed by atoms with E-state index in [9.17, 15) is 14.4 Å². The van der Waals surface area contributed by atoms with Gasteiger partial charge in [-0.1, -0.05) is 29.8 Å². The number of ether oxygens (including phenoxy) is 1. The average Bonchev–Trinajstić information content (AvgIpc) is 3.50. The van der Waals surface area contributed by atoms with Crippen molar-refractivity contribution in [2.75, 3.05) is 18.0 Å². The smallest absolute Gasteiger partial charge is 0.454 e. The molecule has 0 saturated carbocycles. The fourth-order valence-corrected chi connectivity index (χ4v) is 5.55. The number of aryl methyl sites for hydroxylation is 2. The van der Waals surface area contributed by atoms with E-state index in [0.29, 0.717) is 46.0 Å². The summed E-state index contributed by atoms with van der Waals surface area (Å²) in [5, 5.41) is 1.30. The molecule has 0 aliphatic carbocycles. The number of benzene rings is 2. The maximum Gasteiger partial charge on any atom is 0.519 e. The molecule has 1 aliphatic rings. The topological polar surface area (TPSA) is 139 Å². The van der Waals surface area contributed by atoms with E-state index in [1.807, 2.05) is 28.8 Å². The van der Waals surface area contributed by atoms with Crippen LogP contribution < -0.4 is 22.0 Å². The first-order chi connectivity index (χ1) is 19.7. The van der Waals surface area contributed by atoms with Crippen molar-refractivity contribution >= 4 is 57.9 Å². The van der Waals surface area contributed by atoms with Crippen molar-refractivity contribution in [2.24, 2.45) is 12.8 Å². The number of nitrogens with zero attached hydrogens (tertiary/aromatic N) is 4. The summed E-state index contributed by atoms with van der Waals surface area (Å²) in [6.45, 7) is 3.02. The van der Waals surface area contributed by atoms with Gasteiger partial charge in [0.15, 0.2) is 18.1 Å². The number of hydrogen-bond acceptors (Lipinski definition) is 9. The molecule has 0 spiro atoms. The van der Waals surface area contributed by atoms with E-state index in [-0.39, 0.29) is 47.7 Å². The molecule has 0 amide bonds. The summed E-state index contributed by atoms with van der Waals surface area (Å²) in [6, 6.07) is 12.5. The molecule has 220 valence electrons. The van der Waals surface area contributed by atoms with Crippen LogP contribution >= 0.6 is 24.0 Å². The van der Waals surface area contributed by atoms with Gasteiger partial charge in [0.25, 0.3) is 5.56 Å². The number of esters is 1. The highest BCUT2D eigenvalue weighted by Crippen LogP contribution is 2.31. The first kappa shape index (κ1) is 29.4. The number of nitrogens with two attached hydrogens (primary N) is 1. The zero-order valence-corrected chi connectivity index (χ0v) is 24.5. The van der Waals surface area contributed by atoms with Crippen molar-refractivity contribution in [3.63, 3.8) is 0 Å². The average molecular weight is 614 g/mol. The molecule has 1 saturated heterocycles. The Morgan fingerprint density at radius 3 is 2.69 bits per heavy atom. The van der Waals surface area contributed by atoms with Crippen LogP contribution in [0.1, 0.15) is 40.3 Å². The molecule has 0 radical (unpaired) electrons. The van der Waals surface area contributed by atoms with Crippen molar-refractivity contribution in [1.29, 1.82) is 0 Å². The van der Waals surface area contributed by atoms with Gasteiger partial charge >= 0.3 is 11.8 Å². The maximum absolute atomic E-state index is 13.9. The SMILES string of the molecule is Cc1oc(=O)oc1COC(=O)c1ccc2c3nc(N4CCC[C@@H](N)C4)n(Cc4ccccc4Cl)c3c(=O)n(C)c2c1.Cl. The Labute approximate surface area is 250 Å². The fourth-order valence-electron chi connectivity index (χ4n) is 5.35. The molecule has 1 atom stereocenters. The third kappa shape index (κ3) is 5.31. The molecular formula is C29H29Cl2N5O6. The van der Waals surface area contributed by atoms with Crippen molar-refractivity contribution in [3.05, 3.63) is 91.1 Å². The fraction of sp³-hybridized carbons (Fsp3) is 0.310. The number of halogens is 2. The standard InChI is InChI=1S/C29H28ClN5O6.ClH/c1-16-23(41-29(38)40-16)15-39-27(37)17-9-10-20-22(12-17)33(2)26(36)25-24(20)32-28(34-11-5-7-19(31)14-34)35(25)13-18-6-3-4-8-21(18)30;/h3-4,6,8-10,12,19H,5,7,11,13-15,31H2,1-2H3;1H/t19-;/m1./s1. The van der Waals surface area contributed by atoms with Gasteiger partial charge in [0.2, 0.25) is 5.95 Å². The predicted octanol–water partition coefficient (Wildman–Crippen LogP) is 4.15. The lowest BCUT2D eigenvalue weighted by atomic mass is 10.1. The predicted molar refractivity (Wildman–Crippen MR) is 161 cm³/mol. The summed E-state index contributed by atoms with van der Waals surface area (Å²) in [4.78, 5) is 45.1. The number of hydrogen-bond donors (Lipinski definition) is 1. The molecule has 42 heavy (non-hydrogen) atoms. The summed E-state index contributed by atoms with van der Waals surface area (Å²) in [5.41, 5.74) is 8.62. The molecule has 6 rings (SSSR count). The van der Waals surface area contributed by atoms with Gasteiger partial charge in [-0.3, -0.25) is 4.79 Å².